The maximum Gasteiger partial charge on any atom is 0.0920 e. The third kappa shape index (κ3) is 3.55. The zero-order valence-electron chi connectivity index (χ0n) is 19.2. The van der Waals surface area contributed by atoms with Crippen molar-refractivity contribution in [3.8, 4) is 11.1 Å². The van der Waals surface area contributed by atoms with E-state index < -0.39 is 0 Å². The molecule has 0 radical (unpaired) electrons. The summed E-state index contributed by atoms with van der Waals surface area (Å²) in [5, 5.41) is 0. The standard InChI is InChI=1S/C30H25Br2NO/c1-29-17-18-30(2,34-29)27-19-20(7-16-26(27)29)25-5-3-4-6-28(25)33(23-12-8-21(31)9-13-23)24-14-10-22(32)11-15-24/h3-16,19H,17-18H2,1-2H3. The van der Waals surface area contributed by atoms with Crippen molar-refractivity contribution in [2.75, 3.05) is 4.90 Å². The maximum absolute atomic E-state index is 6.53. The van der Waals surface area contributed by atoms with E-state index in [1.54, 1.807) is 0 Å². The Hall–Kier alpha value is -2.40. The summed E-state index contributed by atoms with van der Waals surface area (Å²) in [5.74, 6) is 0. The van der Waals surface area contributed by atoms with Crippen molar-refractivity contribution in [1.82, 2.24) is 0 Å². The molecule has 4 aromatic carbocycles. The largest absolute Gasteiger partial charge is 0.360 e. The molecule has 0 amide bonds. The Morgan fingerprint density at radius 1 is 0.676 bits per heavy atom. The minimum absolute atomic E-state index is 0.150. The average Bonchev–Trinajstić information content (AvgIpc) is 3.29. The molecule has 6 rings (SSSR count). The molecule has 2 unspecified atom stereocenters. The third-order valence-electron chi connectivity index (χ3n) is 7.31. The van der Waals surface area contributed by atoms with E-state index in [1.165, 1.54) is 22.3 Å². The number of anilines is 3. The second-order valence-electron chi connectivity index (χ2n) is 9.63. The first-order valence-electron chi connectivity index (χ1n) is 11.6. The van der Waals surface area contributed by atoms with Crippen LogP contribution in [0, 0.1) is 0 Å². The second-order valence-corrected chi connectivity index (χ2v) is 11.5. The highest BCUT2D eigenvalue weighted by molar-refractivity contribution is 9.10. The molecule has 0 N–H and O–H groups in total. The highest BCUT2D eigenvalue weighted by atomic mass is 79.9. The van der Waals surface area contributed by atoms with Gasteiger partial charge in [-0.1, -0.05) is 62.2 Å². The predicted molar refractivity (Wildman–Crippen MR) is 147 cm³/mol. The van der Waals surface area contributed by atoms with E-state index >= 15 is 0 Å². The van der Waals surface area contributed by atoms with Gasteiger partial charge in [0.05, 0.1) is 16.9 Å². The number of nitrogens with zero attached hydrogens (tertiary/aromatic N) is 1. The van der Waals surface area contributed by atoms with Crippen LogP contribution in [0.15, 0.2) is 99.9 Å². The van der Waals surface area contributed by atoms with Crippen LogP contribution in [-0.2, 0) is 15.9 Å². The zero-order chi connectivity index (χ0) is 23.5. The highest BCUT2D eigenvalue weighted by Gasteiger charge is 2.54. The van der Waals surface area contributed by atoms with Crippen LogP contribution in [0.2, 0.25) is 0 Å². The Balaban J connectivity index is 1.52. The fourth-order valence-electron chi connectivity index (χ4n) is 5.59. The molecule has 0 saturated carbocycles. The van der Waals surface area contributed by atoms with E-state index in [4.69, 9.17) is 4.74 Å². The molecule has 2 heterocycles. The minimum atomic E-state index is -0.188. The Morgan fingerprint density at radius 2 is 1.24 bits per heavy atom. The second kappa shape index (κ2) is 8.08. The minimum Gasteiger partial charge on any atom is -0.360 e. The Kier molecular flexibility index (Phi) is 5.25. The van der Waals surface area contributed by atoms with Crippen molar-refractivity contribution in [1.29, 1.82) is 0 Å². The molecular weight excluding hydrogens is 550 g/mol. The van der Waals surface area contributed by atoms with Crippen LogP contribution >= 0.6 is 31.9 Å². The van der Waals surface area contributed by atoms with Gasteiger partial charge in [-0.2, -0.15) is 0 Å². The molecule has 2 aliphatic rings. The number of hydrogen-bond donors (Lipinski definition) is 0. The zero-order valence-corrected chi connectivity index (χ0v) is 22.4. The smallest absolute Gasteiger partial charge is 0.0920 e. The molecular formula is C30H25Br2NO. The van der Waals surface area contributed by atoms with Crippen molar-refractivity contribution in [2.24, 2.45) is 0 Å². The van der Waals surface area contributed by atoms with E-state index in [1.807, 2.05) is 0 Å². The first kappa shape index (κ1) is 22.1. The van der Waals surface area contributed by atoms with Crippen LogP contribution in [0.1, 0.15) is 37.8 Å². The van der Waals surface area contributed by atoms with Crippen LogP contribution < -0.4 is 4.90 Å². The molecule has 2 bridgehead atoms. The molecule has 34 heavy (non-hydrogen) atoms. The predicted octanol–water partition coefficient (Wildman–Crippen LogP) is 9.60. The lowest BCUT2D eigenvalue weighted by molar-refractivity contribution is -0.0662. The Bertz CT molecular complexity index is 1340. The average molecular weight is 575 g/mol. The first-order valence-corrected chi connectivity index (χ1v) is 13.2. The topological polar surface area (TPSA) is 12.5 Å². The summed E-state index contributed by atoms with van der Waals surface area (Å²) in [7, 11) is 0. The van der Waals surface area contributed by atoms with Crippen molar-refractivity contribution in [3.63, 3.8) is 0 Å². The summed E-state index contributed by atoms with van der Waals surface area (Å²) in [4.78, 5) is 2.33. The summed E-state index contributed by atoms with van der Waals surface area (Å²) < 4.78 is 8.66. The summed E-state index contributed by atoms with van der Waals surface area (Å²) in [5.41, 5.74) is 8.14. The first-order chi connectivity index (χ1) is 16.4. The SMILES string of the molecule is CC12CCC(C)(O1)c1cc(-c3ccccc3N(c3ccc(Br)cc3)c3ccc(Br)cc3)ccc12. The highest BCUT2D eigenvalue weighted by Crippen LogP contribution is 2.58. The van der Waals surface area contributed by atoms with E-state index in [0.717, 1.165) is 38.8 Å². The van der Waals surface area contributed by atoms with Gasteiger partial charge in [-0.05, 0) is 104 Å². The number of benzene rings is 4. The van der Waals surface area contributed by atoms with Gasteiger partial charge in [0.15, 0.2) is 0 Å². The Labute approximate surface area is 217 Å². The molecule has 0 aliphatic carbocycles. The van der Waals surface area contributed by atoms with Crippen LogP contribution in [-0.4, -0.2) is 0 Å². The number of rotatable bonds is 4. The van der Waals surface area contributed by atoms with E-state index in [0.29, 0.717) is 0 Å². The van der Waals surface area contributed by atoms with Gasteiger partial charge < -0.3 is 9.64 Å². The van der Waals surface area contributed by atoms with Crippen LogP contribution in [0.4, 0.5) is 17.1 Å². The fourth-order valence-corrected chi connectivity index (χ4v) is 6.12. The van der Waals surface area contributed by atoms with Gasteiger partial charge in [0, 0.05) is 25.9 Å². The van der Waals surface area contributed by atoms with Crippen molar-refractivity contribution in [3.05, 3.63) is 111 Å². The number of halogens is 2. The van der Waals surface area contributed by atoms with Crippen molar-refractivity contribution >= 4 is 48.9 Å². The van der Waals surface area contributed by atoms with E-state index in [9.17, 15) is 0 Å². The van der Waals surface area contributed by atoms with Crippen LogP contribution in [0.3, 0.4) is 0 Å². The third-order valence-corrected chi connectivity index (χ3v) is 8.37. The van der Waals surface area contributed by atoms with Gasteiger partial charge in [-0.25, -0.2) is 0 Å². The lowest BCUT2D eigenvalue weighted by Crippen LogP contribution is -2.18. The molecule has 2 atom stereocenters. The lowest BCUT2D eigenvalue weighted by Gasteiger charge is -2.29. The fraction of sp³-hybridized carbons (Fsp3) is 0.200. The van der Waals surface area contributed by atoms with Gasteiger partial charge in [0.2, 0.25) is 0 Å². The normalized spacial score (nSPS) is 22.6. The number of fused-ring (bicyclic) bond motifs is 5. The molecule has 0 aromatic heterocycles. The van der Waals surface area contributed by atoms with Gasteiger partial charge >= 0.3 is 0 Å². The van der Waals surface area contributed by atoms with Crippen LogP contribution in [0.5, 0.6) is 0 Å². The van der Waals surface area contributed by atoms with Gasteiger partial charge in [-0.3, -0.25) is 0 Å². The van der Waals surface area contributed by atoms with Gasteiger partial charge in [0.1, 0.15) is 0 Å². The molecule has 1 saturated heterocycles. The molecule has 1 fully saturated rings. The molecule has 2 nitrogen and oxygen atoms in total. The lowest BCUT2D eigenvalue weighted by atomic mass is 9.77. The molecule has 4 heteroatoms. The van der Waals surface area contributed by atoms with Gasteiger partial charge in [-0.15, -0.1) is 0 Å². The molecule has 0 spiro atoms. The van der Waals surface area contributed by atoms with Crippen molar-refractivity contribution < 1.29 is 4.74 Å². The Morgan fingerprint density at radius 3 is 1.85 bits per heavy atom. The number of hydrogen-bond acceptors (Lipinski definition) is 2. The summed E-state index contributed by atoms with van der Waals surface area (Å²) in [6.45, 7) is 4.48. The monoisotopic (exact) mass is 573 g/mol. The number of para-hydroxylation sites is 1. The van der Waals surface area contributed by atoms with Gasteiger partial charge in [0.25, 0.3) is 0 Å². The molecule has 170 valence electrons. The summed E-state index contributed by atoms with van der Waals surface area (Å²) in [6.07, 6.45) is 2.17. The summed E-state index contributed by atoms with van der Waals surface area (Å²) >= 11 is 7.17. The van der Waals surface area contributed by atoms with E-state index in [-0.39, 0.29) is 11.2 Å². The molecule has 2 aliphatic heterocycles. The van der Waals surface area contributed by atoms with Crippen LogP contribution in [0.25, 0.3) is 11.1 Å². The van der Waals surface area contributed by atoms with E-state index in [2.05, 4.69) is 142 Å². The molecule has 4 aromatic rings. The summed E-state index contributed by atoms with van der Waals surface area (Å²) in [6, 6.07) is 32.6. The number of ether oxygens (including phenoxy) is 1. The quantitative estimate of drug-likeness (QED) is 0.240. The maximum atomic E-state index is 6.53. The van der Waals surface area contributed by atoms with Crippen molar-refractivity contribution in [2.45, 2.75) is 37.9 Å².